The zero-order valence-corrected chi connectivity index (χ0v) is 36.9. The van der Waals surface area contributed by atoms with Crippen LogP contribution in [0, 0.1) is 35.4 Å². The summed E-state index contributed by atoms with van der Waals surface area (Å²) in [5, 5.41) is 18.6. The van der Waals surface area contributed by atoms with Crippen LogP contribution in [0.1, 0.15) is 43.9 Å². The van der Waals surface area contributed by atoms with Gasteiger partial charge in [-0.15, -0.1) is 12.8 Å². The third kappa shape index (κ3) is 31.1. The summed E-state index contributed by atoms with van der Waals surface area (Å²) < 4.78 is 0. The summed E-state index contributed by atoms with van der Waals surface area (Å²) in [5.41, 5.74) is 35.6. The molecular weight excluding hydrogens is 759 g/mol. The maximum atomic E-state index is 11.1. The number of carboxylic acid groups (broad SMARTS) is 1. The Hall–Kier alpha value is -1.37. The molecule has 3 rings (SSSR count). The van der Waals surface area contributed by atoms with Gasteiger partial charge in [0.15, 0.2) is 0 Å². The summed E-state index contributed by atoms with van der Waals surface area (Å²) in [5.74, 6) is -1.04. The van der Waals surface area contributed by atoms with Crippen LogP contribution in [-0.2, 0) is 23.6 Å². The van der Waals surface area contributed by atoms with Gasteiger partial charge in [-0.25, -0.2) is 4.79 Å². The number of ketones is 2. The number of Topliss-reactive ketones (excluding diaryl/α,β-unsaturated/α-hetero) is 2. The van der Waals surface area contributed by atoms with Crippen LogP contribution in [0.2, 0.25) is 0 Å². The number of carbonyl (C=O) groups excluding carboxylic acids is 2. The minimum atomic E-state index is -0.998. The van der Waals surface area contributed by atoms with Crippen molar-refractivity contribution in [1.82, 2.24) is 0 Å². The average molecular weight is 791 g/mol. The molecule has 3 aromatic carbocycles. The molecule has 0 bridgehead atoms. The molecule has 0 saturated carbocycles. The van der Waals surface area contributed by atoms with E-state index in [0.29, 0.717) is 28.2 Å². The number of nitrogens with two attached hydrogens (primary N) is 2. The quantitative estimate of drug-likeness (QED) is 0.0540. The van der Waals surface area contributed by atoms with Crippen LogP contribution < -0.4 is 114 Å². The largest absolute Gasteiger partial charge is 1.00 e. The minimum Gasteiger partial charge on any atom is -0.486 e. The fraction of sp³-hybridized carbons (Fsp3) is 0.0714. The Morgan fingerprint density at radius 2 is 0.837 bits per heavy atom. The molecule has 0 unspecified atom stereocenters. The van der Waals surface area contributed by atoms with E-state index < -0.39 is 5.97 Å². The standard InChI is InChI=1S/2C9H8N3O.C7H5N3O2.2CH4N.CH3.2K.P2S2/c2*1-2-9(13)7-3-5-8(6-4-7)11-12-10;8-10-9-6-3-1-5(2-4-6)7(11)12;2*1-2;;;;3-1-2-4/h2*3-6H,1-2H2;1-4H,(H,11,12);2*1-2H2;1H3;;;/q2*-1;;3*-1;2*+1;. The van der Waals surface area contributed by atoms with Crippen molar-refractivity contribution in [2.24, 2.45) is 26.8 Å². The molecule has 3 aromatic rings. The molecule has 0 radical (unpaired) electrons. The Morgan fingerprint density at radius 3 is 1.00 bits per heavy atom. The Balaban J connectivity index is -0.000000124. The van der Waals surface area contributed by atoms with Gasteiger partial charge in [0.05, 0.1) is 5.56 Å². The Bertz CT molecular complexity index is 1420. The van der Waals surface area contributed by atoms with E-state index in [1.54, 1.807) is 48.5 Å². The van der Waals surface area contributed by atoms with Gasteiger partial charge in [-0.1, -0.05) is 76.0 Å². The van der Waals surface area contributed by atoms with Crippen LogP contribution in [0.5, 0.6) is 0 Å². The minimum absolute atomic E-state index is 0. The number of nitrogens with zero attached hydrogens (tertiary/aromatic N) is 9. The molecule has 0 atom stereocenters. The SMILES string of the molecule is S=PP=S.[CH2-]CC(=O)c1ccc(N=[N+]=[N-])cc1.[CH2-]CC(=O)c1ccc(N=[N+]=[N-])cc1.[CH2-]N.[CH2-]N.[CH3-].[K+].[K+].[N-]=[N+]=Nc1ccc(C(=O)O)cc1. The molecule has 0 aromatic heterocycles. The van der Waals surface area contributed by atoms with Gasteiger partial charge < -0.3 is 37.8 Å². The molecule has 0 saturated heterocycles. The maximum absolute atomic E-state index is 11.1. The van der Waals surface area contributed by atoms with Crippen LogP contribution in [0.15, 0.2) is 88.1 Å². The second-order valence-corrected chi connectivity index (χ2v) is 11.3. The molecule has 250 valence electrons. The van der Waals surface area contributed by atoms with Gasteiger partial charge in [-0.05, 0) is 52.3 Å². The van der Waals surface area contributed by atoms with Gasteiger partial charge in [-0.2, -0.15) is 0 Å². The molecular formula is C28H32K2N11O4P2S2-3. The summed E-state index contributed by atoms with van der Waals surface area (Å²) in [7, 11) is 7.24. The van der Waals surface area contributed by atoms with Gasteiger partial charge in [0.2, 0.25) is 0 Å². The van der Waals surface area contributed by atoms with E-state index in [0.717, 1.165) is 14.1 Å². The van der Waals surface area contributed by atoms with Gasteiger partial charge in [0.25, 0.3) is 0 Å². The van der Waals surface area contributed by atoms with Crippen molar-refractivity contribution in [2.45, 2.75) is 12.8 Å². The number of carbonyl (C=O) groups is 3. The number of azide groups is 3. The number of carboxylic acids is 1. The number of aromatic carboxylic acids is 1. The molecule has 0 aliphatic heterocycles. The number of hydrogen-bond donors (Lipinski definition) is 3. The Kier molecular flexibility index (Phi) is 52.2. The van der Waals surface area contributed by atoms with Gasteiger partial charge in [0.1, 0.15) is 11.6 Å². The van der Waals surface area contributed by atoms with Gasteiger partial charge >= 0.3 is 109 Å². The van der Waals surface area contributed by atoms with E-state index in [1.807, 2.05) is 0 Å². The fourth-order valence-corrected chi connectivity index (χ4v) is 2.54. The van der Waals surface area contributed by atoms with E-state index in [2.05, 4.69) is 93.1 Å². The summed E-state index contributed by atoms with van der Waals surface area (Å²) in [6.07, 6.45) is 0.474. The first kappa shape index (κ1) is 59.8. The first-order valence-electron chi connectivity index (χ1n) is 12.0. The molecule has 5 N–H and O–H groups in total. The molecule has 0 amide bonds. The zero-order chi connectivity index (χ0) is 35.8. The average Bonchev–Trinajstić information content (AvgIpc) is 3.11. The van der Waals surface area contributed by atoms with Gasteiger partial charge in [0, 0.05) is 57.0 Å². The summed E-state index contributed by atoms with van der Waals surface area (Å²) in [4.78, 5) is 40.4. The van der Waals surface area contributed by atoms with E-state index >= 15 is 0 Å². The predicted octanol–water partition coefficient (Wildman–Crippen LogP) is 4.05. The monoisotopic (exact) mass is 790 g/mol. The second-order valence-electron chi connectivity index (χ2n) is 7.02. The number of benzene rings is 3. The predicted molar refractivity (Wildman–Crippen MR) is 195 cm³/mol. The summed E-state index contributed by atoms with van der Waals surface area (Å²) in [6, 6.07) is 18.5. The van der Waals surface area contributed by atoms with Crippen molar-refractivity contribution in [3.8, 4) is 0 Å². The van der Waals surface area contributed by atoms with Crippen molar-refractivity contribution in [1.29, 1.82) is 0 Å². The van der Waals surface area contributed by atoms with Crippen LogP contribution >= 0.6 is 14.1 Å². The molecule has 49 heavy (non-hydrogen) atoms. The van der Waals surface area contributed by atoms with Crippen molar-refractivity contribution >= 4 is 72.3 Å². The summed E-state index contributed by atoms with van der Waals surface area (Å²) >= 11 is 8.82. The Labute approximate surface area is 384 Å². The van der Waals surface area contributed by atoms with Gasteiger partial charge in [-0.3, -0.25) is 23.7 Å². The fourth-order valence-electron chi connectivity index (χ4n) is 2.54. The molecule has 15 nitrogen and oxygen atoms in total. The number of rotatable bonds is 9. The van der Waals surface area contributed by atoms with E-state index in [1.165, 1.54) is 24.3 Å². The van der Waals surface area contributed by atoms with Crippen molar-refractivity contribution in [2.75, 3.05) is 0 Å². The molecule has 0 spiro atoms. The van der Waals surface area contributed by atoms with E-state index in [-0.39, 0.29) is 140 Å². The smallest absolute Gasteiger partial charge is 0.486 e. The maximum Gasteiger partial charge on any atom is 1.00 e. The topological polar surface area (TPSA) is 270 Å². The number of hydrogen-bond acceptors (Lipinski definition) is 10. The van der Waals surface area contributed by atoms with Crippen LogP contribution in [0.3, 0.4) is 0 Å². The molecule has 0 fully saturated rings. The van der Waals surface area contributed by atoms with Crippen molar-refractivity contribution in [3.05, 3.63) is 156 Å². The summed E-state index contributed by atoms with van der Waals surface area (Å²) in [6.45, 7) is 6.98. The molecule has 0 heterocycles. The molecule has 0 aliphatic rings. The zero-order valence-electron chi connectivity index (χ0n) is 27.2. The van der Waals surface area contributed by atoms with E-state index in [4.69, 9.17) is 21.7 Å². The molecule has 21 heteroatoms. The van der Waals surface area contributed by atoms with Crippen LogP contribution in [0.25, 0.3) is 31.3 Å². The first-order valence-corrected chi connectivity index (χ1v) is 16.5. The van der Waals surface area contributed by atoms with Crippen molar-refractivity contribution in [3.63, 3.8) is 0 Å². The van der Waals surface area contributed by atoms with E-state index in [9.17, 15) is 14.4 Å². The normalized spacial score (nSPS) is 7.88. The second kappa shape index (κ2) is 42.8. The third-order valence-electron chi connectivity index (χ3n) is 4.46. The third-order valence-corrected chi connectivity index (χ3v) is 7.13. The van der Waals surface area contributed by atoms with Crippen molar-refractivity contribution < 1.29 is 122 Å². The van der Waals surface area contributed by atoms with Crippen LogP contribution in [-0.4, -0.2) is 22.6 Å². The molecule has 0 aliphatic carbocycles. The first-order chi connectivity index (χ1) is 22.2. The van der Waals surface area contributed by atoms with Crippen LogP contribution in [0.4, 0.5) is 17.1 Å². The Morgan fingerprint density at radius 1 is 0.612 bits per heavy atom.